The van der Waals surface area contributed by atoms with Gasteiger partial charge in [-0.1, -0.05) is 29.5 Å². The number of ether oxygens (including phenoxy) is 6. The molecular formula is C83H66F3N19O11S2. The van der Waals surface area contributed by atoms with Gasteiger partial charge in [-0.3, -0.25) is 68.8 Å². The maximum absolute atomic E-state index is 13.4. The first-order valence-corrected chi connectivity index (χ1v) is 36.9. The molecule has 0 N–H and O–H groups in total. The predicted octanol–water partition coefficient (Wildman–Crippen LogP) is 15.3. The number of hydrogen-bond acceptors (Lipinski definition) is 32. The first-order valence-electron chi connectivity index (χ1n) is 35.3. The van der Waals surface area contributed by atoms with Crippen molar-refractivity contribution in [3.63, 3.8) is 0 Å². The van der Waals surface area contributed by atoms with Gasteiger partial charge in [0.25, 0.3) is 5.92 Å². The molecule has 0 amide bonds. The van der Waals surface area contributed by atoms with Crippen LogP contribution >= 0.6 is 22.9 Å². The van der Waals surface area contributed by atoms with E-state index in [2.05, 4.69) is 94.1 Å². The number of Topliss-reactive ketones (excluding diaryl/α,β-unsaturated/α-hetero) is 5. The third-order valence-corrected chi connectivity index (χ3v) is 17.1. The lowest BCUT2D eigenvalue weighted by molar-refractivity contribution is 0.0125. The zero-order valence-corrected chi connectivity index (χ0v) is 64.8. The SMILES string of the molecule is CC(F)(F)c1cccc(CC(=O)c2cc(Oc3cncnc3)ccn2)n1.COc1cccc(CC(=O)c2cc(Oc3cncnc3)ccn2)n1.Cc1cccc(CC(=O)c2cc(Oc3cncnc3)ccn2)n1.Cc1nc(CC(=O)c2cncc(Oc3cccnc3)c2)sc1F.Cc1nsc(CC(=O)c2cc(Oc3cccnc3)ccn2)n1. The topological polar surface area (TPSA) is 386 Å². The monoisotopic (exact) mass is 1630 g/mol. The van der Waals surface area contributed by atoms with E-state index in [0.29, 0.717) is 113 Å². The lowest BCUT2D eigenvalue weighted by Crippen LogP contribution is -2.13. The Balaban J connectivity index is 0.000000145. The molecule has 0 aliphatic carbocycles. The van der Waals surface area contributed by atoms with Crippen LogP contribution in [0.25, 0.3) is 0 Å². The summed E-state index contributed by atoms with van der Waals surface area (Å²) in [5.74, 6) is 2.05. The Morgan fingerprint density at radius 3 is 1.22 bits per heavy atom. The van der Waals surface area contributed by atoms with Crippen LogP contribution in [-0.2, 0) is 38.0 Å². The summed E-state index contributed by atoms with van der Waals surface area (Å²) in [6, 6.07) is 36.6. The van der Waals surface area contributed by atoms with Crippen LogP contribution in [0.1, 0.15) is 109 Å². The molecule has 0 spiro atoms. The van der Waals surface area contributed by atoms with Crippen molar-refractivity contribution >= 4 is 51.8 Å². The van der Waals surface area contributed by atoms with Gasteiger partial charge in [-0.15, -0.1) is 0 Å². The second-order valence-electron chi connectivity index (χ2n) is 24.6. The van der Waals surface area contributed by atoms with Gasteiger partial charge < -0.3 is 28.4 Å². The first kappa shape index (κ1) is 83.8. The second kappa shape index (κ2) is 42.1. The standard InChI is InChI=1S/C18H14F2N4O2.C17H14N4O3.C17H14N4O2.C16H12FN3O2S.C15H12N4O2S/c1-18(19,20)17-4-2-3-12(24-17)7-16(25)15-8-13(5-6-23-15)26-14-9-21-11-22-10-14;1-23-17-4-2-3-12(21-17)7-16(22)15-8-13(5-6-20-15)24-14-9-18-11-19-10-14;1-12-3-2-4-13(21-12)7-17(22)16-8-14(5-6-20-16)23-15-9-18-11-19-10-15;1-10-16(17)23-15(20-10)6-14(21)11-5-13(9-19-7-11)22-12-3-2-4-18-8-12;1-10-18-15(22-19-10)8-14(20)13-7-11(4-6-17-13)21-12-3-2-5-16-9-12/h2-6,8-11H,7H2,1H3;2-6,8-11H,7H2,1H3;2-6,8-11H,7H2,1H3;2-5,7-9H,6H2,1H3;2-7,9H,8H2,1H3. The number of ketones is 5. The van der Waals surface area contributed by atoms with E-state index in [1.54, 1.807) is 148 Å². The van der Waals surface area contributed by atoms with E-state index in [9.17, 15) is 37.1 Å². The molecule has 15 heterocycles. The largest absolute Gasteiger partial charge is 0.481 e. The van der Waals surface area contributed by atoms with Gasteiger partial charge in [0.1, 0.15) is 104 Å². The third kappa shape index (κ3) is 26.8. The molecule has 592 valence electrons. The minimum Gasteiger partial charge on any atom is -0.481 e. The number of methoxy groups -OCH3 is 1. The Bertz CT molecular complexity index is 5840. The number of carbonyl (C=O) groups is 5. The number of halogens is 3. The number of aryl methyl sites for hydroxylation is 3. The van der Waals surface area contributed by atoms with Crippen LogP contribution in [0.4, 0.5) is 13.2 Å². The average Bonchev–Trinajstić information content (AvgIpc) is 1.16. The summed E-state index contributed by atoms with van der Waals surface area (Å²) in [5.41, 5.74) is 3.91. The van der Waals surface area contributed by atoms with Gasteiger partial charge in [0.15, 0.2) is 51.3 Å². The fourth-order valence-electron chi connectivity index (χ4n) is 9.99. The molecular weight excluding hydrogens is 1560 g/mol. The number of carbonyl (C=O) groups excluding carboxylic acids is 5. The Kier molecular flexibility index (Phi) is 29.9. The van der Waals surface area contributed by atoms with E-state index in [1.807, 2.05) is 25.1 Å². The van der Waals surface area contributed by atoms with Crippen molar-refractivity contribution in [2.45, 2.75) is 65.7 Å². The molecule has 0 aliphatic heterocycles. The fourth-order valence-corrected chi connectivity index (χ4v) is 11.4. The summed E-state index contributed by atoms with van der Waals surface area (Å²) < 4.78 is 77.2. The Morgan fingerprint density at radius 2 is 0.797 bits per heavy atom. The molecule has 0 saturated heterocycles. The number of rotatable bonds is 27. The fraction of sp³-hybridized carbons (Fsp3) is 0.133. The molecule has 35 heteroatoms. The Morgan fingerprint density at radius 1 is 0.381 bits per heavy atom. The van der Waals surface area contributed by atoms with Crippen molar-refractivity contribution < 1.29 is 65.6 Å². The Labute approximate surface area is 679 Å². The zero-order valence-electron chi connectivity index (χ0n) is 63.1. The van der Waals surface area contributed by atoms with Gasteiger partial charge in [0.2, 0.25) is 5.88 Å². The molecule has 0 saturated carbocycles. The molecule has 15 aromatic rings. The van der Waals surface area contributed by atoms with Crippen molar-refractivity contribution in [2.24, 2.45) is 0 Å². The van der Waals surface area contributed by atoms with E-state index in [0.717, 1.165) is 29.6 Å². The van der Waals surface area contributed by atoms with E-state index in [-0.39, 0.29) is 83.2 Å². The summed E-state index contributed by atoms with van der Waals surface area (Å²) in [6.07, 6.45) is 29.2. The molecule has 0 fully saturated rings. The lowest BCUT2D eigenvalue weighted by atomic mass is 10.1. The van der Waals surface area contributed by atoms with Crippen molar-refractivity contribution in [2.75, 3.05) is 7.11 Å². The van der Waals surface area contributed by atoms with Crippen LogP contribution in [0.5, 0.6) is 63.4 Å². The predicted molar refractivity (Wildman–Crippen MR) is 421 cm³/mol. The minimum atomic E-state index is -3.07. The zero-order chi connectivity index (χ0) is 83.0. The van der Waals surface area contributed by atoms with Gasteiger partial charge >= 0.3 is 0 Å². The van der Waals surface area contributed by atoms with Crippen LogP contribution < -0.4 is 28.4 Å². The van der Waals surface area contributed by atoms with Crippen LogP contribution in [0, 0.1) is 25.9 Å². The van der Waals surface area contributed by atoms with E-state index in [4.69, 9.17) is 28.4 Å². The summed E-state index contributed by atoms with van der Waals surface area (Å²) >= 11 is 2.12. The summed E-state index contributed by atoms with van der Waals surface area (Å²) in [4.78, 5) is 134. The van der Waals surface area contributed by atoms with E-state index >= 15 is 0 Å². The first-order chi connectivity index (χ1) is 57.2. The molecule has 30 nitrogen and oxygen atoms in total. The number of aromatic nitrogens is 19. The van der Waals surface area contributed by atoms with E-state index < -0.39 is 5.92 Å². The molecule has 0 atom stereocenters. The van der Waals surface area contributed by atoms with Crippen molar-refractivity contribution in [1.82, 2.24) is 94.1 Å². The molecule has 0 radical (unpaired) electrons. The normalized spacial score (nSPS) is 10.5. The number of alkyl halides is 2. The van der Waals surface area contributed by atoms with Crippen molar-refractivity contribution in [3.05, 3.63) is 335 Å². The molecule has 0 aliphatic rings. The van der Waals surface area contributed by atoms with E-state index in [1.165, 1.54) is 118 Å². The second-order valence-corrected chi connectivity index (χ2v) is 26.4. The van der Waals surface area contributed by atoms with Gasteiger partial charge in [0.05, 0.1) is 106 Å². The Hall–Kier alpha value is -15.1. The summed E-state index contributed by atoms with van der Waals surface area (Å²) in [6.45, 7) is 6.02. The highest BCUT2D eigenvalue weighted by molar-refractivity contribution is 7.10. The number of pyridine rings is 10. The van der Waals surface area contributed by atoms with Crippen LogP contribution in [-0.4, -0.2) is 130 Å². The highest BCUT2D eigenvalue weighted by atomic mass is 32.1. The highest BCUT2D eigenvalue weighted by Crippen LogP contribution is 2.29. The number of thiazole rings is 1. The van der Waals surface area contributed by atoms with Crippen LogP contribution in [0.2, 0.25) is 0 Å². The molecule has 0 aromatic carbocycles. The molecule has 15 rings (SSSR count). The quantitative estimate of drug-likeness (QED) is 0.0431. The molecule has 15 aromatic heterocycles. The van der Waals surface area contributed by atoms with Gasteiger partial charge in [-0.05, 0) is 117 Å². The van der Waals surface area contributed by atoms with Crippen molar-refractivity contribution in [3.8, 4) is 63.4 Å². The molecule has 0 unspecified atom stereocenters. The van der Waals surface area contributed by atoms with Gasteiger partial charge in [-0.25, -0.2) is 44.9 Å². The summed E-state index contributed by atoms with van der Waals surface area (Å²) in [5, 5.41) is 0.769. The third-order valence-electron chi connectivity index (χ3n) is 15.4. The number of hydrogen-bond donors (Lipinski definition) is 0. The van der Waals surface area contributed by atoms with Gasteiger partial charge in [-0.2, -0.15) is 17.5 Å². The van der Waals surface area contributed by atoms with Crippen LogP contribution in [0.15, 0.2) is 252 Å². The highest BCUT2D eigenvalue weighted by Gasteiger charge is 2.27. The minimum absolute atomic E-state index is 0.0352. The van der Waals surface area contributed by atoms with Crippen molar-refractivity contribution in [1.29, 1.82) is 0 Å². The lowest BCUT2D eigenvalue weighted by Gasteiger charge is -2.10. The average molecular weight is 1630 g/mol. The number of nitrogens with zero attached hydrogens (tertiary/aromatic N) is 19. The smallest absolute Gasteiger partial charge is 0.286 e. The molecule has 118 heavy (non-hydrogen) atoms. The van der Waals surface area contributed by atoms with Crippen LogP contribution in [0.3, 0.4) is 0 Å². The maximum atomic E-state index is 13.4. The maximum Gasteiger partial charge on any atom is 0.286 e. The summed E-state index contributed by atoms with van der Waals surface area (Å²) in [7, 11) is 1.53. The molecule has 0 bridgehead atoms. The van der Waals surface area contributed by atoms with Gasteiger partial charge in [0, 0.05) is 103 Å².